The van der Waals surface area contributed by atoms with Crippen molar-refractivity contribution in [3.05, 3.63) is 12.7 Å². The lowest BCUT2D eigenvalue weighted by molar-refractivity contribution is -0.202. The third-order valence-corrected chi connectivity index (χ3v) is 4.76. The third kappa shape index (κ3) is 3.54. The lowest BCUT2D eigenvalue weighted by Crippen LogP contribution is -2.50. The number of anilines is 1. The summed E-state index contributed by atoms with van der Waals surface area (Å²) < 4.78 is 25.4. The van der Waals surface area contributed by atoms with Crippen LogP contribution in [-0.2, 0) is 23.7 Å². The monoisotopic (exact) mass is 406 g/mol. The van der Waals surface area contributed by atoms with Crippen molar-refractivity contribution in [2.75, 3.05) is 5.73 Å². The molecular formula is C18H26N6O5. The molecule has 0 aliphatic carbocycles. The van der Waals surface area contributed by atoms with Gasteiger partial charge in [-0.05, 0) is 34.6 Å². The third-order valence-electron chi connectivity index (χ3n) is 4.76. The van der Waals surface area contributed by atoms with Crippen molar-refractivity contribution in [1.29, 1.82) is 0 Å². The Labute approximate surface area is 167 Å². The molecule has 2 saturated heterocycles. The van der Waals surface area contributed by atoms with Crippen molar-refractivity contribution in [3.8, 4) is 0 Å². The molecule has 4 heterocycles. The maximum absolute atomic E-state index is 12.6. The first kappa shape index (κ1) is 20.0. The summed E-state index contributed by atoms with van der Waals surface area (Å²) >= 11 is 0. The highest BCUT2D eigenvalue weighted by molar-refractivity contribution is 5.81. The van der Waals surface area contributed by atoms with Gasteiger partial charge in [0.2, 0.25) is 0 Å². The van der Waals surface area contributed by atoms with Crippen LogP contribution in [0.1, 0.15) is 40.8 Å². The second-order valence-corrected chi connectivity index (χ2v) is 8.70. The first-order valence-electron chi connectivity index (χ1n) is 9.39. The number of rotatable bonds is 3. The Morgan fingerprint density at radius 3 is 2.62 bits per heavy atom. The number of aromatic nitrogens is 4. The molecule has 5 atom stereocenters. The van der Waals surface area contributed by atoms with Crippen LogP contribution in [0.3, 0.4) is 0 Å². The minimum absolute atomic E-state index is 0.259. The number of ether oxygens (including phenoxy) is 4. The molecule has 29 heavy (non-hydrogen) atoms. The Bertz CT molecular complexity index is 938. The molecule has 4 N–H and O–H groups in total. The van der Waals surface area contributed by atoms with Gasteiger partial charge in [0.1, 0.15) is 41.8 Å². The van der Waals surface area contributed by atoms with Crippen LogP contribution in [0.25, 0.3) is 11.2 Å². The molecule has 2 aromatic rings. The van der Waals surface area contributed by atoms with E-state index in [0.29, 0.717) is 11.2 Å². The van der Waals surface area contributed by atoms with Crippen LogP contribution in [-0.4, -0.2) is 61.2 Å². The summed E-state index contributed by atoms with van der Waals surface area (Å²) in [5.74, 6) is -1.18. The van der Waals surface area contributed by atoms with Crippen molar-refractivity contribution < 1.29 is 23.7 Å². The Hall–Kier alpha value is -2.34. The number of nitrogens with zero attached hydrogens (tertiary/aromatic N) is 4. The predicted octanol–water partition coefficient (Wildman–Crippen LogP) is 0.495. The van der Waals surface area contributed by atoms with E-state index in [1.54, 1.807) is 45.5 Å². The Morgan fingerprint density at radius 2 is 1.93 bits per heavy atom. The number of carbonyl (C=O) groups excluding carboxylic acids is 1. The summed E-state index contributed by atoms with van der Waals surface area (Å²) in [5, 5.41) is 0. The Morgan fingerprint density at radius 1 is 1.24 bits per heavy atom. The van der Waals surface area contributed by atoms with Crippen molar-refractivity contribution in [2.45, 2.75) is 76.6 Å². The first-order chi connectivity index (χ1) is 13.5. The number of hydrogen-bond donors (Lipinski definition) is 2. The van der Waals surface area contributed by atoms with Crippen LogP contribution < -0.4 is 11.5 Å². The number of fused-ring (bicyclic) bond motifs is 2. The van der Waals surface area contributed by atoms with Crippen LogP contribution in [0.5, 0.6) is 0 Å². The SMILES string of the molecule is CC(C)(C)OC(=O)C(N)[C@H]1O[C@@H](n2cnc3c(N)ncnc32)[C@@H]2OC(C)(C)O[C@@H]21. The molecule has 2 aliphatic heterocycles. The van der Waals surface area contributed by atoms with Gasteiger partial charge in [-0.15, -0.1) is 0 Å². The Kier molecular flexibility index (Phi) is 4.53. The minimum Gasteiger partial charge on any atom is -0.459 e. The fourth-order valence-corrected chi connectivity index (χ4v) is 3.68. The summed E-state index contributed by atoms with van der Waals surface area (Å²) in [6, 6.07) is -1.06. The van der Waals surface area contributed by atoms with E-state index >= 15 is 0 Å². The van der Waals surface area contributed by atoms with E-state index in [-0.39, 0.29) is 5.82 Å². The van der Waals surface area contributed by atoms with Gasteiger partial charge < -0.3 is 30.4 Å². The minimum atomic E-state index is -1.06. The molecular weight excluding hydrogens is 380 g/mol. The second-order valence-electron chi connectivity index (χ2n) is 8.70. The topological polar surface area (TPSA) is 150 Å². The normalized spacial score (nSPS) is 29.7. The molecule has 1 unspecified atom stereocenters. The summed E-state index contributed by atoms with van der Waals surface area (Å²) in [4.78, 5) is 25.1. The molecule has 0 radical (unpaired) electrons. The van der Waals surface area contributed by atoms with Gasteiger partial charge in [-0.2, -0.15) is 0 Å². The van der Waals surface area contributed by atoms with Crippen LogP contribution in [0.15, 0.2) is 12.7 Å². The molecule has 0 bridgehead atoms. The molecule has 2 aliphatic rings. The zero-order chi connectivity index (χ0) is 21.1. The molecule has 0 saturated carbocycles. The highest BCUT2D eigenvalue weighted by Gasteiger charge is 2.58. The summed E-state index contributed by atoms with van der Waals surface area (Å²) in [6.45, 7) is 8.92. The molecule has 0 spiro atoms. The predicted molar refractivity (Wildman–Crippen MR) is 101 cm³/mol. The Balaban J connectivity index is 1.67. The van der Waals surface area contributed by atoms with Gasteiger partial charge in [0, 0.05) is 0 Å². The van der Waals surface area contributed by atoms with E-state index in [1.165, 1.54) is 6.33 Å². The lowest BCUT2D eigenvalue weighted by Gasteiger charge is -2.28. The van der Waals surface area contributed by atoms with E-state index < -0.39 is 47.9 Å². The highest BCUT2D eigenvalue weighted by atomic mass is 16.8. The lowest BCUT2D eigenvalue weighted by atomic mass is 10.0. The standard InChI is InChI=1S/C18H26N6O5/c1-17(2,3)29-16(25)8(19)10-11-12(28-18(4,5)27-11)15(26-10)24-7-23-9-13(20)21-6-22-14(9)24/h6-8,10-12,15H,19H2,1-5H3,(H2,20,21,22)/t8?,10-,11-,12-,15-/m1/s1. The van der Waals surface area contributed by atoms with Gasteiger partial charge in [0.05, 0.1) is 6.33 Å². The molecule has 4 rings (SSSR count). The highest BCUT2D eigenvalue weighted by Crippen LogP contribution is 2.44. The zero-order valence-electron chi connectivity index (χ0n) is 17.0. The number of esters is 1. The summed E-state index contributed by atoms with van der Waals surface area (Å²) in [5.41, 5.74) is 12.4. The quantitative estimate of drug-likeness (QED) is 0.690. The van der Waals surface area contributed by atoms with Crippen molar-refractivity contribution in [1.82, 2.24) is 19.5 Å². The van der Waals surface area contributed by atoms with Gasteiger partial charge in [-0.3, -0.25) is 9.36 Å². The van der Waals surface area contributed by atoms with E-state index in [4.69, 9.17) is 30.4 Å². The molecule has 158 valence electrons. The molecule has 11 nitrogen and oxygen atoms in total. The largest absolute Gasteiger partial charge is 0.459 e. The number of carbonyl (C=O) groups is 1. The summed E-state index contributed by atoms with van der Waals surface area (Å²) in [7, 11) is 0. The maximum atomic E-state index is 12.6. The smallest absolute Gasteiger partial charge is 0.326 e. The number of imidazole rings is 1. The molecule has 2 aromatic heterocycles. The zero-order valence-corrected chi connectivity index (χ0v) is 17.0. The van der Waals surface area contributed by atoms with E-state index in [9.17, 15) is 4.79 Å². The van der Waals surface area contributed by atoms with Crippen molar-refractivity contribution in [2.24, 2.45) is 5.73 Å². The summed E-state index contributed by atoms with van der Waals surface area (Å²) in [6.07, 6.45) is 0.347. The number of nitrogens with two attached hydrogens (primary N) is 2. The second kappa shape index (κ2) is 6.59. The molecule has 0 amide bonds. The fraction of sp³-hybridized carbons (Fsp3) is 0.667. The van der Waals surface area contributed by atoms with Crippen molar-refractivity contribution >= 4 is 23.0 Å². The maximum Gasteiger partial charge on any atom is 0.326 e. The van der Waals surface area contributed by atoms with Gasteiger partial charge in [-0.1, -0.05) is 0 Å². The van der Waals surface area contributed by atoms with Crippen LogP contribution in [0.4, 0.5) is 5.82 Å². The number of hydrogen-bond acceptors (Lipinski definition) is 10. The van der Waals surface area contributed by atoms with Gasteiger partial charge in [0.15, 0.2) is 23.5 Å². The van der Waals surface area contributed by atoms with E-state index in [0.717, 1.165) is 0 Å². The van der Waals surface area contributed by atoms with Crippen LogP contribution in [0.2, 0.25) is 0 Å². The van der Waals surface area contributed by atoms with Gasteiger partial charge in [-0.25, -0.2) is 15.0 Å². The molecule has 0 aromatic carbocycles. The average Bonchev–Trinajstić information content (AvgIpc) is 3.24. The molecule has 2 fully saturated rings. The van der Waals surface area contributed by atoms with Gasteiger partial charge in [0.25, 0.3) is 0 Å². The molecule has 11 heteroatoms. The van der Waals surface area contributed by atoms with Gasteiger partial charge >= 0.3 is 5.97 Å². The van der Waals surface area contributed by atoms with E-state index in [1.807, 2.05) is 0 Å². The average molecular weight is 406 g/mol. The van der Waals surface area contributed by atoms with Crippen LogP contribution >= 0.6 is 0 Å². The number of nitrogen functional groups attached to an aromatic ring is 1. The van der Waals surface area contributed by atoms with Crippen LogP contribution in [0, 0.1) is 0 Å². The van der Waals surface area contributed by atoms with E-state index in [2.05, 4.69) is 15.0 Å². The fourth-order valence-electron chi connectivity index (χ4n) is 3.68. The first-order valence-corrected chi connectivity index (χ1v) is 9.39. The van der Waals surface area contributed by atoms with Crippen molar-refractivity contribution in [3.63, 3.8) is 0 Å².